The molecule has 0 radical (unpaired) electrons. The molecule has 2 heterocycles. The molecular formula is C19H15N3O3. The number of fused-ring (bicyclic) bond motifs is 1. The van der Waals surface area contributed by atoms with Crippen LogP contribution >= 0.6 is 0 Å². The maximum absolute atomic E-state index is 5.82. The molecule has 0 N–H and O–H groups in total. The second-order valence-electron chi connectivity index (χ2n) is 5.36. The van der Waals surface area contributed by atoms with Crippen molar-refractivity contribution in [2.45, 2.75) is 6.61 Å². The van der Waals surface area contributed by atoms with Crippen LogP contribution in [0.1, 0.15) is 5.89 Å². The molecule has 0 bridgehead atoms. The monoisotopic (exact) mass is 333 g/mol. The standard InChI is InChI=1S/C19H15N3O3/c1-23-15-8-2-6-14(11-15)19-21-17(25-22-19)12-24-16-9-3-5-13-7-4-10-20-18(13)16/h2-11H,12H2,1H3. The van der Waals surface area contributed by atoms with Crippen molar-refractivity contribution in [3.8, 4) is 22.9 Å². The van der Waals surface area contributed by atoms with Crippen molar-refractivity contribution >= 4 is 10.9 Å². The highest BCUT2D eigenvalue weighted by molar-refractivity contribution is 5.84. The lowest BCUT2D eigenvalue weighted by molar-refractivity contribution is 0.245. The molecule has 4 aromatic rings. The lowest BCUT2D eigenvalue weighted by atomic mass is 10.2. The lowest BCUT2D eigenvalue weighted by Gasteiger charge is -2.05. The van der Waals surface area contributed by atoms with E-state index in [0.29, 0.717) is 17.5 Å². The fourth-order valence-electron chi connectivity index (χ4n) is 2.53. The lowest BCUT2D eigenvalue weighted by Crippen LogP contribution is -1.97. The van der Waals surface area contributed by atoms with E-state index in [1.54, 1.807) is 13.3 Å². The van der Waals surface area contributed by atoms with Crippen molar-refractivity contribution in [3.63, 3.8) is 0 Å². The number of hydrogen-bond donors (Lipinski definition) is 0. The van der Waals surface area contributed by atoms with Gasteiger partial charge in [0, 0.05) is 17.1 Å². The molecule has 0 atom stereocenters. The van der Waals surface area contributed by atoms with E-state index in [4.69, 9.17) is 14.0 Å². The molecule has 0 fully saturated rings. The van der Waals surface area contributed by atoms with Crippen molar-refractivity contribution in [3.05, 3.63) is 66.7 Å². The Bertz CT molecular complexity index is 1010. The minimum atomic E-state index is 0.173. The van der Waals surface area contributed by atoms with Crippen LogP contribution < -0.4 is 9.47 Å². The van der Waals surface area contributed by atoms with Crippen molar-refractivity contribution in [2.24, 2.45) is 0 Å². The van der Waals surface area contributed by atoms with Crippen molar-refractivity contribution < 1.29 is 14.0 Å². The molecular weight excluding hydrogens is 318 g/mol. The summed E-state index contributed by atoms with van der Waals surface area (Å²) in [6.45, 7) is 0.173. The van der Waals surface area contributed by atoms with Crippen LogP contribution in [0.3, 0.4) is 0 Å². The van der Waals surface area contributed by atoms with Gasteiger partial charge >= 0.3 is 0 Å². The Morgan fingerprint density at radius 3 is 2.84 bits per heavy atom. The van der Waals surface area contributed by atoms with Gasteiger partial charge in [-0.1, -0.05) is 35.5 Å². The van der Waals surface area contributed by atoms with Gasteiger partial charge in [-0.15, -0.1) is 0 Å². The Kier molecular flexibility index (Phi) is 4.00. The van der Waals surface area contributed by atoms with Gasteiger partial charge < -0.3 is 14.0 Å². The minimum Gasteiger partial charge on any atom is -0.497 e. The molecule has 0 aliphatic rings. The van der Waals surface area contributed by atoms with E-state index in [9.17, 15) is 0 Å². The van der Waals surface area contributed by atoms with Gasteiger partial charge in [-0.3, -0.25) is 4.98 Å². The number of methoxy groups -OCH3 is 1. The highest BCUT2D eigenvalue weighted by atomic mass is 16.5. The molecule has 2 aromatic carbocycles. The second-order valence-corrected chi connectivity index (χ2v) is 5.36. The molecule has 0 saturated heterocycles. The zero-order valence-corrected chi connectivity index (χ0v) is 13.5. The maximum atomic E-state index is 5.82. The molecule has 6 heteroatoms. The Labute approximate surface area is 144 Å². The van der Waals surface area contributed by atoms with E-state index in [0.717, 1.165) is 22.2 Å². The predicted molar refractivity (Wildman–Crippen MR) is 92.4 cm³/mol. The van der Waals surface area contributed by atoms with Crippen LogP contribution in [0.25, 0.3) is 22.3 Å². The zero-order chi connectivity index (χ0) is 17.1. The Hall–Kier alpha value is -3.41. The van der Waals surface area contributed by atoms with Gasteiger partial charge in [0.05, 0.1) is 7.11 Å². The molecule has 25 heavy (non-hydrogen) atoms. The number of pyridine rings is 1. The summed E-state index contributed by atoms with van der Waals surface area (Å²) in [4.78, 5) is 8.73. The third-order valence-electron chi connectivity index (χ3n) is 3.74. The second kappa shape index (κ2) is 6.60. The number of rotatable bonds is 5. The van der Waals surface area contributed by atoms with E-state index >= 15 is 0 Å². The normalized spacial score (nSPS) is 10.8. The number of para-hydroxylation sites is 1. The number of benzene rings is 2. The molecule has 0 amide bonds. The Morgan fingerprint density at radius 2 is 1.92 bits per heavy atom. The first kappa shape index (κ1) is 15.1. The number of hydrogen-bond acceptors (Lipinski definition) is 6. The van der Waals surface area contributed by atoms with Crippen LogP contribution in [0.15, 0.2) is 65.3 Å². The summed E-state index contributed by atoms with van der Waals surface area (Å²) < 4.78 is 16.3. The molecule has 124 valence electrons. The molecule has 0 aliphatic heterocycles. The Balaban J connectivity index is 1.53. The number of ether oxygens (including phenoxy) is 2. The number of aromatic nitrogens is 3. The summed E-state index contributed by atoms with van der Waals surface area (Å²) in [7, 11) is 1.62. The molecule has 0 saturated carbocycles. The van der Waals surface area contributed by atoms with Gasteiger partial charge in [0.25, 0.3) is 5.89 Å². The fourth-order valence-corrected chi connectivity index (χ4v) is 2.53. The van der Waals surface area contributed by atoms with Crippen molar-refractivity contribution in [1.82, 2.24) is 15.1 Å². The highest BCUT2D eigenvalue weighted by Gasteiger charge is 2.11. The van der Waals surface area contributed by atoms with Gasteiger partial charge in [-0.2, -0.15) is 4.98 Å². The highest BCUT2D eigenvalue weighted by Crippen LogP contribution is 2.25. The van der Waals surface area contributed by atoms with Crippen LogP contribution in [-0.4, -0.2) is 22.2 Å². The molecule has 0 aliphatic carbocycles. The van der Waals surface area contributed by atoms with Crippen LogP contribution in [0.4, 0.5) is 0 Å². The van der Waals surface area contributed by atoms with Gasteiger partial charge in [0.1, 0.15) is 17.0 Å². The largest absolute Gasteiger partial charge is 0.497 e. The molecule has 2 aromatic heterocycles. The van der Waals surface area contributed by atoms with Gasteiger partial charge in [-0.25, -0.2) is 0 Å². The third-order valence-corrected chi connectivity index (χ3v) is 3.74. The average Bonchev–Trinajstić information content (AvgIpc) is 3.15. The topological polar surface area (TPSA) is 70.3 Å². The summed E-state index contributed by atoms with van der Waals surface area (Å²) >= 11 is 0. The number of nitrogens with zero attached hydrogens (tertiary/aromatic N) is 3. The first-order chi connectivity index (χ1) is 12.3. The van der Waals surface area contributed by atoms with Crippen molar-refractivity contribution in [2.75, 3.05) is 7.11 Å². The first-order valence-corrected chi connectivity index (χ1v) is 7.77. The van der Waals surface area contributed by atoms with Crippen molar-refractivity contribution in [1.29, 1.82) is 0 Å². The summed E-state index contributed by atoms with van der Waals surface area (Å²) in [5.41, 5.74) is 1.62. The first-order valence-electron chi connectivity index (χ1n) is 7.77. The minimum absolute atomic E-state index is 0.173. The summed E-state index contributed by atoms with van der Waals surface area (Å²) in [6.07, 6.45) is 1.74. The van der Waals surface area contributed by atoms with Crippen LogP contribution in [0, 0.1) is 0 Å². The van der Waals surface area contributed by atoms with E-state index in [2.05, 4.69) is 15.1 Å². The molecule has 6 nitrogen and oxygen atoms in total. The average molecular weight is 333 g/mol. The van der Waals surface area contributed by atoms with Crippen LogP contribution in [0.2, 0.25) is 0 Å². The Morgan fingerprint density at radius 1 is 1.04 bits per heavy atom. The van der Waals surface area contributed by atoms with Crippen LogP contribution in [0.5, 0.6) is 11.5 Å². The van der Waals surface area contributed by atoms with E-state index in [1.807, 2.05) is 54.6 Å². The summed E-state index contributed by atoms with van der Waals surface area (Å²) in [5.74, 6) is 2.31. The van der Waals surface area contributed by atoms with E-state index < -0.39 is 0 Å². The molecule has 0 unspecified atom stereocenters. The molecule has 4 rings (SSSR count). The summed E-state index contributed by atoms with van der Waals surface area (Å²) in [5, 5.41) is 5.02. The molecule has 0 spiro atoms. The maximum Gasteiger partial charge on any atom is 0.264 e. The van der Waals surface area contributed by atoms with E-state index in [-0.39, 0.29) is 6.61 Å². The SMILES string of the molecule is COc1cccc(-c2noc(COc3cccc4cccnc34)n2)c1. The van der Waals surface area contributed by atoms with Gasteiger partial charge in [0.15, 0.2) is 6.61 Å². The van der Waals surface area contributed by atoms with Gasteiger partial charge in [-0.05, 0) is 24.3 Å². The van der Waals surface area contributed by atoms with Gasteiger partial charge in [0.2, 0.25) is 5.82 Å². The fraction of sp³-hybridized carbons (Fsp3) is 0.105. The smallest absolute Gasteiger partial charge is 0.264 e. The predicted octanol–water partition coefficient (Wildman–Crippen LogP) is 3.87. The van der Waals surface area contributed by atoms with E-state index in [1.165, 1.54) is 0 Å². The summed E-state index contributed by atoms with van der Waals surface area (Å²) in [6, 6.07) is 17.2. The third kappa shape index (κ3) is 3.14. The zero-order valence-electron chi connectivity index (χ0n) is 13.5. The quantitative estimate of drug-likeness (QED) is 0.552. The van der Waals surface area contributed by atoms with Crippen LogP contribution in [-0.2, 0) is 6.61 Å².